The third-order valence-corrected chi connectivity index (χ3v) is 4.17. The molecule has 3 heteroatoms. The number of carbonyl (C=O) groups excluding carboxylic acids is 1. The van der Waals surface area contributed by atoms with E-state index in [9.17, 15) is 4.79 Å². The molecule has 0 heterocycles. The number of nitrogens with two attached hydrogens (primary N) is 1. The van der Waals surface area contributed by atoms with Gasteiger partial charge in [0.05, 0.1) is 5.92 Å². The molecule has 0 spiro atoms. The largest absolute Gasteiger partial charge is 0.341 e. The van der Waals surface area contributed by atoms with Crippen LogP contribution in [0.3, 0.4) is 0 Å². The van der Waals surface area contributed by atoms with E-state index >= 15 is 0 Å². The molecule has 0 bridgehead atoms. The van der Waals surface area contributed by atoms with Gasteiger partial charge in [0.25, 0.3) is 0 Å². The van der Waals surface area contributed by atoms with E-state index in [0.29, 0.717) is 6.54 Å². The van der Waals surface area contributed by atoms with Crippen molar-refractivity contribution < 1.29 is 4.79 Å². The molecule has 2 atom stereocenters. The molecular weight excluding hydrogens is 236 g/mol. The fourth-order valence-corrected chi connectivity index (χ4v) is 2.94. The minimum Gasteiger partial charge on any atom is -0.341 e. The van der Waals surface area contributed by atoms with E-state index in [1.54, 1.807) is 0 Å². The first kappa shape index (κ1) is 14.1. The highest BCUT2D eigenvalue weighted by atomic mass is 16.2. The minimum absolute atomic E-state index is 0.0238. The second-order valence-corrected chi connectivity index (χ2v) is 5.83. The lowest BCUT2D eigenvalue weighted by molar-refractivity contribution is -0.134. The Morgan fingerprint density at radius 2 is 2.11 bits per heavy atom. The molecule has 3 nitrogen and oxygen atoms in total. The van der Waals surface area contributed by atoms with Crippen molar-refractivity contribution in [1.82, 2.24) is 4.90 Å². The summed E-state index contributed by atoms with van der Waals surface area (Å²) in [6, 6.07) is 6.42. The van der Waals surface area contributed by atoms with Crippen molar-refractivity contribution in [2.75, 3.05) is 7.05 Å². The van der Waals surface area contributed by atoms with Crippen LogP contribution in [-0.2, 0) is 11.3 Å². The molecule has 0 radical (unpaired) electrons. The number of aryl methyl sites for hydroxylation is 2. The minimum atomic E-state index is 0.0238. The Morgan fingerprint density at radius 1 is 1.37 bits per heavy atom. The molecule has 104 valence electrons. The van der Waals surface area contributed by atoms with Crippen molar-refractivity contribution in [1.29, 1.82) is 0 Å². The van der Waals surface area contributed by atoms with Gasteiger partial charge in [0.1, 0.15) is 0 Å². The van der Waals surface area contributed by atoms with E-state index in [2.05, 4.69) is 32.0 Å². The Morgan fingerprint density at radius 3 is 2.68 bits per heavy atom. The summed E-state index contributed by atoms with van der Waals surface area (Å²) in [5.41, 5.74) is 9.73. The normalized spacial score (nSPS) is 22.5. The van der Waals surface area contributed by atoms with Gasteiger partial charge in [0.2, 0.25) is 5.91 Å². The van der Waals surface area contributed by atoms with Gasteiger partial charge < -0.3 is 10.6 Å². The summed E-state index contributed by atoms with van der Waals surface area (Å²) >= 11 is 0. The highest BCUT2D eigenvalue weighted by Gasteiger charge is 2.32. The van der Waals surface area contributed by atoms with Crippen molar-refractivity contribution in [3.63, 3.8) is 0 Å². The number of amides is 1. The topological polar surface area (TPSA) is 46.3 Å². The van der Waals surface area contributed by atoms with E-state index < -0.39 is 0 Å². The molecular formula is C16H24N2O. The second-order valence-electron chi connectivity index (χ2n) is 5.83. The van der Waals surface area contributed by atoms with Crippen LogP contribution in [0.25, 0.3) is 0 Å². The number of rotatable bonds is 3. The van der Waals surface area contributed by atoms with Crippen LogP contribution in [-0.4, -0.2) is 23.9 Å². The van der Waals surface area contributed by atoms with Gasteiger partial charge in [0.15, 0.2) is 0 Å². The Balaban J connectivity index is 2.04. The molecule has 0 aliphatic heterocycles. The van der Waals surface area contributed by atoms with Crippen LogP contribution in [0.1, 0.15) is 36.0 Å². The van der Waals surface area contributed by atoms with Gasteiger partial charge in [0, 0.05) is 19.6 Å². The zero-order valence-electron chi connectivity index (χ0n) is 12.1. The molecule has 1 aromatic carbocycles. The first-order valence-electron chi connectivity index (χ1n) is 7.05. The van der Waals surface area contributed by atoms with Gasteiger partial charge in [-0.3, -0.25) is 4.79 Å². The monoisotopic (exact) mass is 260 g/mol. The van der Waals surface area contributed by atoms with Gasteiger partial charge in [-0.25, -0.2) is 0 Å². The van der Waals surface area contributed by atoms with Crippen LogP contribution in [0, 0.1) is 19.8 Å². The zero-order chi connectivity index (χ0) is 14.0. The smallest absolute Gasteiger partial charge is 0.227 e. The highest BCUT2D eigenvalue weighted by Crippen LogP contribution is 2.26. The molecule has 1 aromatic rings. The van der Waals surface area contributed by atoms with E-state index in [1.807, 2.05) is 11.9 Å². The predicted molar refractivity (Wildman–Crippen MR) is 77.7 cm³/mol. The summed E-state index contributed by atoms with van der Waals surface area (Å²) in [4.78, 5) is 14.2. The summed E-state index contributed by atoms with van der Waals surface area (Å²) in [6.45, 7) is 4.86. The number of hydrogen-bond acceptors (Lipinski definition) is 2. The van der Waals surface area contributed by atoms with Gasteiger partial charge in [-0.2, -0.15) is 0 Å². The molecule has 2 N–H and O–H groups in total. The molecule has 1 saturated carbocycles. The molecule has 1 amide bonds. The van der Waals surface area contributed by atoms with Gasteiger partial charge in [-0.1, -0.05) is 30.2 Å². The Kier molecular flexibility index (Phi) is 4.25. The molecule has 19 heavy (non-hydrogen) atoms. The molecule has 0 aromatic heterocycles. The second kappa shape index (κ2) is 5.74. The molecule has 1 fully saturated rings. The van der Waals surface area contributed by atoms with E-state index in [4.69, 9.17) is 5.73 Å². The van der Waals surface area contributed by atoms with E-state index in [-0.39, 0.29) is 17.9 Å². The lowest BCUT2D eigenvalue weighted by Gasteiger charge is -2.24. The molecule has 1 aliphatic rings. The van der Waals surface area contributed by atoms with Crippen LogP contribution < -0.4 is 5.73 Å². The predicted octanol–water partition coefficient (Wildman–Crippen LogP) is 2.39. The first-order valence-corrected chi connectivity index (χ1v) is 7.05. The third kappa shape index (κ3) is 3.16. The first-order chi connectivity index (χ1) is 8.99. The number of carbonyl (C=O) groups is 1. The number of nitrogens with zero attached hydrogens (tertiary/aromatic N) is 1. The summed E-state index contributed by atoms with van der Waals surface area (Å²) in [7, 11) is 1.88. The van der Waals surface area contributed by atoms with Crippen LogP contribution in [0.5, 0.6) is 0 Å². The van der Waals surface area contributed by atoms with Crippen molar-refractivity contribution in [2.45, 2.75) is 45.7 Å². The van der Waals surface area contributed by atoms with Gasteiger partial charge >= 0.3 is 0 Å². The van der Waals surface area contributed by atoms with Gasteiger partial charge in [-0.15, -0.1) is 0 Å². The average Bonchev–Trinajstić information content (AvgIpc) is 2.78. The van der Waals surface area contributed by atoms with Crippen LogP contribution >= 0.6 is 0 Å². The molecule has 0 saturated heterocycles. The Bertz CT molecular complexity index is 470. The fourth-order valence-electron chi connectivity index (χ4n) is 2.94. The van der Waals surface area contributed by atoms with Crippen molar-refractivity contribution in [3.8, 4) is 0 Å². The third-order valence-electron chi connectivity index (χ3n) is 4.17. The molecule has 2 rings (SSSR count). The standard InChI is InChI=1S/C16H24N2O/c1-11-7-8-13(12(2)9-11)10-18(3)16(19)14-5-4-6-15(14)17/h7-9,14-15H,4-6,10,17H2,1-3H3. The van der Waals surface area contributed by atoms with Crippen LogP contribution in [0.15, 0.2) is 18.2 Å². The van der Waals surface area contributed by atoms with Crippen molar-refractivity contribution >= 4 is 5.91 Å². The van der Waals surface area contributed by atoms with Crippen molar-refractivity contribution in [2.24, 2.45) is 11.7 Å². The van der Waals surface area contributed by atoms with E-state index in [0.717, 1.165) is 19.3 Å². The van der Waals surface area contributed by atoms with Crippen LogP contribution in [0.2, 0.25) is 0 Å². The SMILES string of the molecule is Cc1ccc(CN(C)C(=O)C2CCCC2N)c(C)c1. The maximum atomic E-state index is 12.4. The average molecular weight is 260 g/mol. The van der Waals surface area contributed by atoms with Crippen LogP contribution in [0.4, 0.5) is 0 Å². The Labute approximate surface area is 115 Å². The molecule has 2 unspecified atom stereocenters. The fraction of sp³-hybridized carbons (Fsp3) is 0.562. The Hall–Kier alpha value is -1.35. The summed E-state index contributed by atoms with van der Waals surface area (Å²) < 4.78 is 0. The summed E-state index contributed by atoms with van der Waals surface area (Å²) in [5, 5.41) is 0. The van der Waals surface area contributed by atoms with Gasteiger partial charge in [-0.05, 0) is 37.8 Å². The van der Waals surface area contributed by atoms with E-state index in [1.165, 1.54) is 16.7 Å². The quantitative estimate of drug-likeness (QED) is 0.907. The summed E-state index contributed by atoms with van der Waals surface area (Å²) in [5.74, 6) is 0.223. The maximum absolute atomic E-state index is 12.4. The lowest BCUT2D eigenvalue weighted by atomic mass is 10.0. The molecule has 1 aliphatic carbocycles. The maximum Gasteiger partial charge on any atom is 0.227 e. The zero-order valence-corrected chi connectivity index (χ0v) is 12.1. The summed E-state index contributed by atoms with van der Waals surface area (Å²) in [6.07, 6.45) is 3.00. The lowest BCUT2D eigenvalue weighted by Crippen LogP contribution is -2.39. The number of benzene rings is 1. The highest BCUT2D eigenvalue weighted by molar-refractivity contribution is 5.79. The van der Waals surface area contributed by atoms with Crippen molar-refractivity contribution in [3.05, 3.63) is 34.9 Å². The number of hydrogen-bond donors (Lipinski definition) is 1.